The molecule has 5 heteroatoms. The lowest BCUT2D eigenvalue weighted by Gasteiger charge is -2.30. The Morgan fingerprint density at radius 1 is 1.04 bits per heavy atom. The van der Waals surface area contributed by atoms with Gasteiger partial charge >= 0.3 is 0 Å². The summed E-state index contributed by atoms with van der Waals surface area (Å²) in [7, 11) is 0. The van der Waals surface area contributed by atoms with E-state index in [2.05, 4.69) is 45.2 Å². The van der Waals surface area contributed by atoms with E-state index in [1.807, 2.05) is 0 Å². The van der Waals surface area contributed by atoms with E-state index < -0.39 is 0 Å². The van der Waals surface area contributed by atoms with Crippen LogP contribution in [-0.4, -0.2) is 22.9 Å². The van der Waals surface area contributed by atoms with Gasteiger partial charge in [-0.05, 0) is 54.5 Å². The highest BCUT2D eigenvalue weighted by Crippen LogP contribution is 2.33. The van der Waals surface area contributed by atoms with Crippen LogP contribution in [0.3, 0.4) is 0 Å². The quantitative estimate of drug-likeness (QED) is 0.835. The molecule has 0 radical (unpaired) electrons. The van der Waals surface area contributed by atoms with Crippen LogP contribution in [0.15, 0.2) is 35.0 Å². The van der Waals surface area contributed by atoms with Crippen LogP contribution in [-0.2, 0) is 17.9 Å². The van der Waals surface area contributed by atoms with Crippen molar-refractivity contribution in [2.45, 2.75) is 57.3 Å². The van der Waals surface area contributed by atoms with Gasteiger partial charge in [0.15, 0.2) is 0 Å². The van der Waals surface area contributed by atoms with Crippen LogP contribution >= 0.6 is 22.7 Å². The molecule has 0 saturated carbocycles. The molecule has 2 fully saturated rings. The molecule has 2 aromatic heterocycles. The van der Waals surface area contributed by atoms with Crippen molar-refractivity contribution in [2.24, 2.45) is 5.92 Å². The highest BCUT2D eigenvalue weighted by atomic mass is 32.1. The van der Waals surface area contributed by atoms with E-state index in [4.69, 9.17) is 0 Å². The van der Waals surface area contributed by atoms with Crippen LogP contribution in [0.5, 0.6) is 0 Å². The van der Waals surface area contributed by atoms with Gasteiger partial charge in [-0.25, -0.2) is 0 Å². The normalized spacial score (nSPS) is 25.8. The minimum atomic E-state index is 0.322. The topological polar surface area (TPSA) is 32.3 Å². The van der Waals surface area contributed by atoms with Gasteiger partial charge in [-0.15, -0.1) is 22.7 Å². The standard InChI is InChI=1S/C19H24N2OS2/c22-19(11-14-9-15-5-6-16(10-14)20-15)21(12-17-3-1-7-23-17)13-18-4-2-8-24-18/h1-4,7-8,14-16,20H,5-6,9-13H2. The number of carbonyl (C=O) groups is 1. The van der Waals surface area contributed by atoms with Crippen molar-refractivity contribution in [2.75, 3.05) is 0 Å². The first-order valence-corrected chi connectivity index (χ1v) is 10.6. The number of piperidine rings is 1. The molecule has 2 unspecified atom stereocenters. The van der Waals surface area contributed by atoms with E-state index in [-0.39, 0.29) is 0 Å². The van der Waals surface area contributed by atoms with Gasteiger partial charge in [0.05, 0.1) is 13.1 Å². The lowest BCUT2D eigenvalue weighted by molar-refractivity contribution is -0.133. The number of thiophene rings is 2. The molecule has 0 spiro atoms. The number of rotatable bonds is 6. The predicted molar refractivity (Wildman–Crippen MR) is 100 cm³/mol. The molecule has 2 aliphatic heterocycles. The molecule has 2 atom stereocenters. The SMILES string of the molecule is O=C(CC1CC2CCC(C1)N2)N(Cc1cccs1)Cc1cccs1. The average molecular weight is 361 g/mol. The molecule has 0 aliphatic carbocycles. The van der Waals surface area contributed by atoms with E-state index in [9.17, 15) is 4.79 Å². The Balaban J connectivity index is 1.42. The maximum Gasteiger partial charge on any atom is 0.223 e. The van der Waals surface area contributed by atoms with E-state index >= 15 is 0 Å². The number of hydrogen-bond acceptors (Lipinski definition) is 4. The number of nitrogens with one attached hydrogen (secondary N) is 1. The summed E-state index contributed by atoms with van der Waals surface area (Å²) in [4.78, 5) is 17.6. The second-order valence-corrected chi connectivity index (χ2v) is 9.15. The Morgan fingerprint density at radius 2 is 1.62 bits per heavy atom. The van der Waals surface area contributed by atoms with E-state index in [0.29, 0.717) is 30.3 Å². The maximum absolute atomic E-state index is 13.0. The molecular formula is C19H24N2OS2. The summed E-state index contributed by atoms with van der Waals surface area (Å²) in [5.41, 5.74) is 0. The Hall–Kier alpha value is -1.17. The average Bonchev–Trinajstić information content (AvgIpc) is 3.30. The Morgan fingerprint density at radius 3 is 2.12 bits per heavy atom. The van der Waals surface area contributed by atoms with Gasteiger partial charge < -0.3 is 10.2 Å². The molecule has 1 N–H and O–H groups in total. The third kappa shape index (κ3) is 3.90. The number of carbonyl (C=O) groups excluding carboxylic acids is 1. The Bertz CT molecular complexity index is 605. The zero-order chi connectivity index (χ0) is 16.4. The van der Waals surface area contributed by atoms with Crippen molar-refractivity contribution in [3.8, 4) is 0 Å². The zero-order valence-electron chi connectivity index (χ0n) is 13.8. The molecule has 4 heterocycles. The highest BCUT2D eigenvalue weighted by molar-refractivity contribution is 7.10. The molecule has 2 saturated heterocycles. The predicted octanol–water partition coefficient (Wildman–Crippen LogP) is 4.26. The van der Waals surface area contributed by atoms with Gasteiger partial charge in [0.2, 0.25) is 5.91 Å². The minimum absolute atomic E-state index is 0.322. The number of nitrogens with zero attached hydrogens (tertiary/aromatic N) is 1. The van der Waals surface area contributed by atoms with E-state index in [0.717, 1.165) is 13.1 Å². The minimum Gasteiger partial charge on any atom is -0.332 e. The van der Waals surface area contributed by atoms with E-state index in [1.165, 1.54) is 35.4 Å². The summed E-state index contributed by atoms with van der Waals surface area (Å²) < 4.78 is 0. The monoisotopic (exact) mass is 360 g/mol. The maximum atomic E-state index is 13.0. The summed E-state index contributed by atoms with van der Waals surface area (Å²) in [5.74, 6) is 0.883. The molecule has 0 aromatic carbocycles. The van der Waals surface area contributed by atoms with Gasteiger partial charge in [0.1, 0.15) is 0 Å². The van der Waals surface area contributed by atoms with Gasteiger partial charge in [-0.2, -0.15) is 0 Å². The third-order valence-corrected chi connectivity index (χ3v) is 6.96. The summed E-state index contributed by atoms with van der Waals surface area (Å²) in [5, 5.41) is 7.86. The van der Waals surface area contributed by atoms with E-state index in [1.54, 1.807) is 22.7 Å². The van der Waals surface area contributed by atoms with Crippen LogP contribution in [0.2, 0.25) is 0 Å². The lowest BCUT2D eigenvalue weighted by atomic mass is 9.89. The Labute approximate surface area is 151 Å². The van der Waals surface area contributed by atoms with Crippen molar-refractivity contribution in [1.82, 2.24) is 10.2 Å². The second kappa shape index (κ2) is 7.38. The largest absolute Gasteiger partial charge is 0.332 e. The molecule has 1 amide bonds. The first-order chi connectivity index (χ1) is 11.8. The van der Waals surface area contributed by atoms with Crippen LogP contribution in [0.1, 0.15) is 41.9 Å². The molecule has 2 aliphatic rings. The van der Waals surface area contributed by atoms with Gasteiger partial charge in [0, 0.05) is 28.3 Å². The van der Waals surface area contributed by atoms with Crippen molar-refractivity contribution in [1.29, 1.82) is 0 Å². The van der Waals surface area contributed by atoms with Crippen LogP contribution in [0.4, 0.5) is 0 Å². The molecule has 2 aromatic rings. The van der Waals surface area contributed by atoms with Crippen molar-refractivity contribution in [3.05, 3.63) is 44.8 Å². The molecule has 128 valence electrons. The molecular weight excluding hydrogens is 336 g/mol. The van der Waals surface area contributed by atoms with Crippen molar-refractivity contribution < 1.29 is 4.79 Å². The Kier molecular flexibility index (Phi) is 5.01. The highest BCUT2D eigenvalue weighted by Gasteiger charge is 2.34. The van der Waals surface area contributed by atoms with Gasteiger partial charge in [-0.1, -0.05) is 12.1 Å². The van der Waals surface area contributed by atoms with Crippen LogP contribution in [0.25, 0.3) is 0 Å². The van der Waals surface area contributed by atoms with Crippen molar-refractivity contribution >= 4 is 28.6 Å². The summed E-state index contributed by atoms with van der Waals surface area (Å²) >= 11 is 3.48. The summed E-state index contributed by atoms with van der Waals surface area (Å²) in [6.07, 6.45) is 5.65. The van der Waals surface area contributed by atoms with Gasteiger partial charge in [0.25, 0.3) is 0 Å². The van der Waals surface area contributed by atoms with Gasteiger partial charge in [-0.3, -0.25) is 4.79 Å². The summed E-state index contributed by atoms with van der Waals surface area (Å²) in [6, 6.07) is 9.71. The van der Waals surface area contributed by atoms with Crippen LogP contribution < -0.4 is 5.32 Å². The zero-order valence-corrected chi connectivity index (χ0v) is 15.5. The molecule has 3 nitrogen and oxygen atoms in total. The number of hydrogen-bond donors (Lipinski definition) is 1. The summed E-state index contributed by atoms with van der Waals surface area (Å²) in [6.45, 7) is 1.48. The first-order valence-electron chi connectivity index (χ1n) is 8.85. The fourth-order valence-electron chi connectivity index (χ4n) is 4.13. The third-order valence-electron chi connectivity index (χ3n) is 5.24. The molecule has 24 heavy (non-hydrogen) atoms. The molecule has 2 bridgehead atoms. The fourth-order valence-corrected chi connectivity index (χ4v) is 5.57. The van der Waals surface area contributed by atoms with Crippen molar-refractivity contribution in [3.63, 3.8) is 0 Å². The molecule has 4 rings (SSSR count). The van der Waals surface area contributed by atoms with Crippen LogP contribution in [0, 0.1) is 5.92 Å². The second-order valence-electron chi connectivity index (χ2n) is 7.09. The first kappa shape index (κ1) is 16.3. The number of amides is 1. The smallest absolute Gasteiger partial charge is 0.223 e. The lowest BCUT2D eigenvalue weighted by Crippen LogP contribution is -2.40. The number of fused-ring (bicyclic) bond motifs is 2. The fraction of sp³-hybridized carbons (Fsp3) is 0.526.